The van der Waals surface area contributed by atoms with Gasteiger partial charge in [0.15, 0.2) is 0 Å². The number of halogens is 1. The maximum atomic E-state index is 5.99. The smallest absolute Gasteiger partial charge is 0.0406 e. The first-order chi connectivity index (χ1) is 9.63. The third-order valence-electron chi connectivity index (χ3n) is 3.69. The van der Waals surface area contributed by atoms with Crippen molar-refractivity contribution in [3.05, 3.63) is 34.9 Å². The molecule has 0 aliphatic rings. The molecule has 1 N–H and O–H groups in total. The molecule has 1 atom stereocenters. The van der Waals surface area contributed by atoms with Gasteiger partial charge in [-0.25, -0.2) is 0 Å². The van der Waals surface area contributed by atoms with Gasteiger partial charge in [0, 0.05) is 11.6 Å². The average molecular weight is 296 g/mol. The van der Waals surface area contributed by atoms with Gasteiger partial charge in [-0.2, -0.15) is 0 Å². The minimum absolute atomic E-state index is 0.614. The Labute approximate surface area is 130 Å². The molecule has 114 valence electrons. The molecular formula is C18H30ClN. The summed E-state index contributed by atoms with van der Waals surface area (Å²) in [6, 6.07) is 8.39. The van der Waals surface area contributed by atoms with Gasteiger partial charge in [-0.3, -0.25) is 0 Å². The molecule has 0 spiro atoms. The number of nitrogens with one attached hydrogen (secondary N) is 1. The Morgan fingerprint density at radius 3 is 2.30 bits per heavy atom. The molecule has 0 aliphatic carbocycles. The van der Waals surface area contributed by atoms with Gasteiger partial charge < -0.3 is 5.32 Å². The van der Waals surface area contributed by atoms with E-state index in [1.165, 1.54) is 37.7 Å². The summed E-state index contributed by atoms with van der Waals surface area (Å²) in [6.45, 7) is 8.95. The van der Waals surface area contributed by atoms with Gasteiger partial charge in [0.05, 0.1) is 0 Å². The van der Waals surface area contributed by atoms with Crippen LogP contribution in [0.2, 0.25) is 5.02 Å². The fraction of sp³-hybridized carbons (Fsp3) is 0.667. The van der Waals surface area contributed by atoms with Gasteiger partial charge in [0.2, 0.25) is 0 Å². The molecule has 1 nitrogen and oxygen atoms in total. The molecule has 1 aromatic rings. The number of benzene rings is 1. The molecule has 1 unspecified atom stereocenters. The van der Waals surface area contributed by atoms with E-state index in [-0.39, 0.29) is 0 Å². The highest BCUT2D eigenvalue weighted by molar-refractivity contribution is 6.30. The first kappa shape index (κ1) is 17.5. The Hall–Kier alpha value is -0.530. The maximum Gasteiger partial charge on any atom is 0.0406 e. The maximum absolute atomic E-state index is 5.99. The highest BCUT2D eigenvalue weighted by atomic mass is 35.5. The van der Waals surface area contributed by atoms with Crippen molar-refractivity contribution in [3.8, 4) is 0 Å². The second-order valence-corrected chi connectivity index (χ2v) is 6.59. The third-order valence-corrected chi connectivity index (χ3v) is 3.94. The van der Waals surface area contributed by atoms with Crippen LogP contribution in [0.5, 0.6) is 0 Å². The minimum Gasteiger partial charge on any atom is -0.316 e. The van der Waals surface area contributed by atoms with Crippen molar-refractivity contribution in [2.45, 2.75) is 58.8 Å². The Morgan fingerprint density at radius 2 is 1.70 bits per heavy atom. The number of hydrogen-bond donors (Lipinski definition) is 1. The summed E-state index contributed by atoms with van der Waals surface area (Å²) in [5, 5.41) is 4.43. The molecule has 20 heavy (non-hydrogen) atoms. The normalized spacial score (nSPS) is 12.8. The van der Waals surface area contributed by atoms with Crippen molar-refractivity contribution in [1.29, 1.82) is 0 Å². The van der Waals surface area contributed by atoms with E-state index in [0.29, 0.717) is 11.8 Å². The van der Waals surface area contributed by atoms with Crippen LogP contribution >= 0.6 is 11.6 Å². The lowest BCUT2D eigenvalue weighted by Gasteiger charge is -2.19. The largest absolute Gasteiger partial charge is 0.316 e. The van der Waals surface area contributed by atoms with E-state index in [0.717, 1.165) is 18.1 Å². The average Bonchev–Trinajstić information content (AvgIpc) is 2.42. The fourth-order valence-electron chi connectivity index (χ4n) is 2.49. The molecule has 0 bridgehead atoms. The summed E-state index contributed by atoms with van der Waals surface area (Å²) in [6.07, 6.45) is 6.60. The topological polar surface area (TPSA) is 12.0 Å². The Morgan fingerprint density at radius 1 is 1.00 bits per heavy atom. The van der Waals surface area contributed by atoms with Crippen LogP contribution in [0.3, 0.4) is 0 Å². The number of rotatable bonds is 10. The standard InChI is InChI=1S/C18H30ClN/c1-4-5-6-7-8-17(14-20-13-15(2)3)16-9-11-18(19)12-10-16/h9-12,15,17,20H,4-8,13-14H2,1-3H3. The van der Waals surface area contributed by atoms with Crippen LogP contribution < -0.4 is 5.32 Å². The highest BCUT2D eigenvalue weighted by Crippen LogP contribution is 2.23. The summed E-state index contributed by atoms with van der Waals surface area (Å²) in [7, 11) is 0. The van der Waals surface area contributed by atoms with Gasteiger partial charge in [-0.15, -0.1) is 0 Å². The van der Waals surface area contributed by atoms with Crippen molar-refractivity contribution in [1.82, 2.24) is 5.32 Å². The number of unbranched alkanes of at least 4 members (excludes halogenated alkanes) is 3. The van der Waals surface area contributed by atoms with Crippen LogP contribution in [0.1, 0.15) is 64.4 Å². The molecule has 2 heteroatoms. The van der Waals surface area contributed by atoms with E-state index in [9.17, 15) is 0 Å². The molecular weight excluding hydrogens is 266 g/mol. The predicted octanol–water partition coefficient (Wildman–Crippen LogP) is 5.64. The molecule has 0 saturated carbocycles. The van der Waals surface area contributed by atoms with Crippen LogP contribution in [0, 0.1) is 5.92 Å². The van der Waals surface area contributed by atoms with Crippen molar-refractivity contribution in [3.63, 3.8) is 0 Å². The van der Waals surface area contributed by atoms with Gasteiger partial charge in [0.25, 0.3) is 0 Å². The summed E-state index contributed by atoms with van der Waals surface area (Å²) in [5.74, 6) is 1.32. The second-order valence-electron chi connectivity index (χ2n) is 6.15. The zero-order valence-corrected chi connectivity index (χ0v) is 14.0. The van der Waals surface area contributed by atoms with E-state index in [1.54, 1.807) is 0 Å². The predicted molar refractivity (Wildman–Crippen MR) is 90.7 cm³/mol. The zero-order chi connectivity index (χ0) is 14.8. The lowest BCUT2D eigenvalue weighted by Crippen LogP contribution is -2.25. The molecule has 0 amide bonds. The molecule has 0 saturated heterocycles. The molecule has 0 fully saturated rings. The zero-order valence-electron chi connectivity index (χ0n) is 13.3. The summed E-state index contributed by atoms with van der Waals surface area (Å²) >= 11 is 5.99. The van der Waals surface area contributed by atoms with Crippen LogP contribution in [0.15, 0.2) is 24.3 Å². The van der Waals surface area contributed by atoms with Gasteiger partial charge >= 0.3 is 0 Å². The van der Waals surface area contributed by atoms with Crippen LogP contribution in [0.4, 0.5) is 0 Å². The first-order valence-corrected chi connectivity index (χ1v) is 8.47. The SMILES string of the molecule is CCCCCCC(CNCC(C)C)c1ccc(Cl)cc1. The molecule has 0 heterocycles. The van der Waals surface area contributed by atoms with E-state index in [1.807, 2.05) is 12.1 Å². The quantitative estimate of drug-likeness (QED) is 0.551. The summed E-state index contributed by atoms with van der Waals surface area (Å²) in [4.78, 5) is 0. The molecule has 1 aromatic carbocycles. The van der Waals surface area contributed by atoms with Gasteiger partial charge in [-0.05, 0) is 42.5 Å². The van der Waals surface area contributed by atoms with Crippen LogP contribution in [-0.2, 0) is 0 Å². The second kappa shape index (κ2) is 10.2. The van der Waals surface area contributed by atoms with E-state index >= 15 is 0 Å². The first-order valence-electron chi connectivity index (χ1n) is 8.09. The Kier molecular flexibility index (Phi) is 8.97. The van der Waals surface area contributed by atoms with E-state index in [4.69, 9.17) is 11.6 Å². The Bertz CT molecular complexity index is 345. The number of hydrogen-bond acceptors (Lipinski definition) is 1. The van der Waals surface area contributed by atoms with E-state index in [2.05, 4.69) is 38.2 Å². The molecule has 0 radical (unpaired) electrons. The van der Waals surface area contributed by atoms with Crippen molar-refractivity contribution >= 4 is 11.6 Å². The van der Waals surface area contributed by atoms with Crippen molar-refractivity contribution in [2.75, 3.05) is 13.1 Å². The minimum atomic E-state index is 0.614. The lowest BCUT2D eigenvalue weighted by molar-refractivity contribution is 0.483. The monoisotopic (exact) mass is 295 g/mol. The van der Waals surface area contributed by atoms with Crippen LogP contribution in [-0.4, -0.2) is 13.1 Å². The molecule has 1 rings (SSSR count). The fourth-order valence-corrected chi connectivity index (χ4v) is 2.61. The summed E-state index contributed by atoms with van der Waals surface area (Å²) in [5.41, 5.74) is 1.42. The molecule has 0 aliphatic heterocycles. The lowest BCUT2D eigenvalue weighted by atomic mass is 9.92. The van der Waals surface area contributed by atoms with Crippen molar-refractivity contribution < 1.29 is 0 Å². The Balaban J connectivity index is 2.51. The van der Waals surface area contributed by atoms with E-state index < -0.39 is 0 Å². The molecule has 0 aromatic heterocycles. The third kappa shape index (κ3) is 7.31. The summed E-state index contributed by atoms with van der Waals surface area (Å²) < 4.78 is 0. The van der Waals surface area contributed by atoms with Crippen LogP contribution in [0.25, 0.3) is 0 Å². The van der Waals surface area contributed by atoms with Gasteiger partial charge in [0.1, 0.15) is 0 Å². The van der Waals surface area contributed by atoms with Gasteiger partial charge in [-0.1, -0.05) is 70.2 Å². The van der Waals surface area contributed by atoms with Crippen molar-refractivity contribution in [2.24, 2.45) is 5.92 Å². The highest BCUT2D eigenvalue weighted by Gasteiger charge is 2.11.